The third-order valence-corrected chi connectivity index (χ3v) is 7.09. The van der Waals surface area contributed by atoms with Gasteiger partial charge in [0.05, 0.1) is 0 Å². The molecule has 1 aliphatic heterocycles. The molecule has 1 aromatic carbocycles. The molecular weight excluding hydrogens is 348 g/mol. The van der Waals surface area contributed by atoms with Crippen LogP contribution >= 0.6 is 0 Å². The lowest BCUT2D eigenvalue weighted by molar-refractivity contribution is -0.130. The predicted molar refractivity (Wildman–Crippen MR) is 112 cm³/mol. The largest absolute Gasteiger partial charge is 0.353 e. The summed E-state index contributed by atoms with van der Waals surface area (Å²) >= 11 is 0. The summed E-state index contributed by atoms with van der Waals surface area (Å²) in [4.78, 5) is 28.0. The average molecular weight is 383 g/mol. The summed E-state index contributed by atoms with van der Waals surface area (Å²) in [6.45, 7) is 2.14. The van der Waals surface area contributed by atoms with Crippen LogP contribution in [0, 0.1) is 11.8 Å². The second-order valence-corrected chi connectivity index (χ2v) is 9.14. The van der Waals surface area contributed by atoms with Gasteiger partial charge in [-0.25, -0.2) is 0 Å². The minimum atomic E-state index is 0.0653. The highest BCUT2D eigenvalue weighted by Gasteiger charge is 2.37. The molecule has 2 aliphatic carbocycles. The Hall–Kier alpha value is -1.84. The number of carbonyl (C=O) groups excluding carboxylic acids is 2. The van der Waals surface area contributed by atoms with Gasteiger partial charge < -0.3 is 10.2 Å². The number of hydrogen-bond acceptors (Lipinski definition) is 2. The molecule has 0 spiro atoms. The molecule has 0 bridgehead atoms. The Morgan fingerprint density at radius 3 is 2.25 bits per heavy atom. The van der Waals surface area contributed by atoms with Crippen LogP contribution in [-0.4, -0.2) is 23.9 Å². The molecule has 4 rings (SSSR count). The number of anilines is 1. The van der Waals surface area contributed by atoms with Crippen LogP contribution in [-0.2, 0) is 16.0 Å². The summed E-state index contributed by atoms with van der Waals surface area (Å²) in [5.41, 5.74) is 2.37. The van der Waals surface area contributed by atoms with Crippen LogP contribution in [0.3, 0.4) is 0 Å². The number of benzene rings is 1. The number of nitrogens with zero attached hydrogens (tertiary/aromatic N) is 1. The van der Waals surface area contributed by atoms with E-state index in [-0.39, 0.29) is 29.7 Å². The Bertz CT molecular complexity index is 700. The fraction of sp³-hybridized carbons (Fsp3) is 0.667. The minimum Gasteiger partial charge on any atom is -0.353 e. The third kappa shape index (κ3) is 4.11. The summed E-state index contributed by atoms with van der Waals surface area (Å²) in [7, 11) is 0. The molecule has 152 valence electrons. The van der Waals surface area contributed by atoms with Gasteiger partial charge in [0.25, 0.3) is 0 Å². The van der Waals surface area contributed by atoms with Crippen molar-refractivity contribution in [3.05, 3.63) is 29.8 Å². The molecule has 3 aliphatic rings. The minimum absolute atomic E-state index is 0.0653. The topological polar surface area (TPSA) is 49.4 Å². The molecular formula is C24H34N2O2. The van der Waals surface area contributed by atoms with Gasteiger partial charge in [0.15, 0.2) is 0 Å². The fourth-order valence-corrected chi connectivity index (χ4v) is 5.44. The number of amides is 2. The predicted octanol–water partition coefficient (Wildman–Crippen LogP) is 4.61. The SMILES string of the molecule is CC1Cc2ccccc2N1C(=O)C1CCC(C(=O)NC2CCCCCC2)CC1. The highest BCUT2D eigenvalue weighted by atomic mass is 16.2. The van der Waals surface area contributed by atoms with E-state index in [9.17, 15) is 9.59 Å². The first-order valence-electron chi connectivity index (χ1n) is 11.3. The average Bonchev–Trinajstić information content (AvgIpc) is 2.86. The van der Waals surface area contributed by atoms with E-state index in [1.54, 1.807) is 0 Å². The number of para-hydroxylation sites is 1. The summed E-state index contributed by atoms with van der Waals surface area (Å²) in [5.74, 6) is 0.656. The maximum Gasteiger partial charge on any atom is 0.230 e. The maximum atomic E-state index is 13.2. The van der Waals surface area contributed by atoms with Crippen LogP contribution in [0.25, 0.3) is 0 Å². The first kappa shape index (κ1) is 19.5. The van der Waals surface area contributed by atoms with E-state index in [0.717, 1.165) is 50.6 Å². The van der Waals surface area contributed by atoms with Crippen molar-refractivity contribution in [1.29, 1.82) is 0 Å². The quantitative estimate of drug-likeness (QED) is 0.776. The van der Waals surface area contributed by atoms with Gasteiger partial charge in [-0.2, -0.15) is 0 Å². The van der Waals surface area contributed by atoms with Crippen molar-refractivity contribution in [2.45, 2.75) is 89.6 Å². The maximum absolute atomic E-state index is 13.2. The van der Waals surface area contributed by atoms with Crippen molar-refractivity contribution in [3.63, 3.8) is 0 Å². The molecule has 0 saturated heterocycles. The molecule has 0 radical (unpaired) electrons. The number of nitrogens with one attached hydrogen (secondary N) is 1. The number of hydrogen-bond donors (Lipinski definition) is 1. The molecule has 1 aromatic rings. The summed E-state index contributed by atoms with van der Waals surface area (Å²) in [5, 5.41) is 3.31. The molecule has 1 unspecified atom stereocenters. The van der Waals surface area contributed by atoms with Gasteiger partial charge in [0.1, 0.15) is 0 Å². The Kier molecular flexibility index (Phi) is 6.03. The normalized spacial score (nSPS) is 28.5. The second-order valence-electron chi connectivity index (χ2n) is 9.14. The Morgan fingerprint density at radius 2 is 1.54 bits per heavy atom. The standard InChI is InChI=1S/C24H34N2O2/c1-17-16-20-8-6-7-11-22(20)26(17)24(28)19-14-12-18(13-15-19)23(27)25-21-9-4-2-3-5-10-21/h6-8,11,17-19,21H,2-5,9-10,12-16H2,1H3,(H,25,27). The molecule has 0 aromatic heterocycles. The smallest absolute Gasteiger partial charge is 0.230 e. The number of rotatable bonds is 3. The molecule has 4 nitrogen and oxygen atoms in total. The zero-order valence-electron chi connectivity index (χ0n) is 17.2. The Labute approximate surface area is 169 Å². The molecule has 2 saturated carbocycles. The van der Waals surface area contributed by atoms with Crippen LogP contribution < -0.4 is 10.2 Å². The van der Waals surface area contributed by atoms with Crippen molar-refractivity contribution < 1.29 is 9.59 Å². The molecule has 28 heavy (non-hydrogen) atoms. The lowest BCUT2D eigenvalue weighted by Gasteiger charge is -2.32. The lowest BCUT2D eigenvalue weighted by atomic mass is 9.80. The first-order valence-corrected chi connectivity index (χ1v) is 11.3. The highest BCUT2D eigenvalue weighted by molar-refractivity contribution is 5.97. The molecule has 2 fully saturated rings. The van der Waals surface area contributed by atoms with Crippen LogP contribution in [0.4, 0.5) is 5.69 Å². The zero-order valence-corrected chi connectivity index (χ0v) is 17.2. The van der Waals surface area contributed by atoms with Gasteiger partial charge in [-0.05, 0) is 63.5 Å². The van der Waals surface area contributed by atoms with Crippen molar-refractivity contribution in [3.8, 4) is 0 Å². The van der Waals surface area contributed by atoms with E-state index in [4.69, 9.17) is 0 Å². The van der Waals surface area contributed by atoms with Crippen molar-refractivity contribution in [1.82, 2.24) is 5.32 Å². The van der Waals surface area contributed by atoms with Crippen LogP contribution in [0.2, 0.25) is 0 Å². The number of carbonyl (C=O) groups is 2. The van der Waals surface area contributed by atoms with Crippen molar-refractivity contribution >= 4 is 17.5 Å². The van der Waals surface area contributed by atoms with E-state index in [0.29, 0.717) is 6.04 Å². The molecule has 4 heteroatoms. The van der Waals surface area contributed by atoms with E-state index in [2.05, 4.69) is 30.4 Å². The van der Waals surface area contributed by atoms with E-state index in [1.165, 1.54) is 31.2 Å². The molecule has 2 amide bonds. The van der Waals surface area contributed by atoms with E-state index < -0.39 is 0 Å². The van der Waals surface area contributed by atoms with Crippen LogP contribution in [0.15, 0.2) is 24.3 Å². The summed E-state index contributed by atoms with van der Waals surface area (Å²) in [6, 6.07) is 8.89. The van der Waals surface area contributed by atoms with E-state index in [1.807, 2.05) is 11.0 Å². The van der Waals surface area contributed by atoms with Gasteiger partial charge in [-0.15, -0.1) is 0 Å². The number of fused-ring (bicyclic) bond motifs is 1. The Morgan fingerprint density at radius 1 is 0.893 bits per heavy atom. The first-order chi connectivity index (χ1) is 13.6. The van der Waals surface area contributed by atoms with Gasteiger partial charge >= 0.3 is 0 Å². The van der Waals surface area contributed by atoms with Crippen LogP contribution in [0.5, 0.6) is 0 Å². The molecule has 1 N–H and O–H groups in total. The summed E-state index contributed by atoms with van der Waals surface area (Å²) in [6.07, 6.45) is 11.7. The summed E-state index contributed by atoms with van der Waals surface area (Å²) < 4.78 is 0. The lowest BCUT2D eigenvalue weighted by Crippen LogP contribution is -2.43. The van der Waals surface area contributed by atoms with Gasteiger partial charge in [0.2, 0.25) is 11.8 Å². The van der Waals surface area contributed by atoms with Crippen molar-refractivity contribution in [2.24, 2.45) is 11.8 Å². The van der Waals surface area contributed by atoms with Gasteiger partial charge in [-0.1, -0.05) is 43.9 Å². The Balaban J connectivity index is 1.31. The fourth-order valence-electron chi connectivity index (χ4n) is 5.44. The van der Waals surface area contributed by atoms with Crippen molar-refractivity contribution in [2.75, 3.05) is 4.90 Å². The van der Waals surface area contributed by atoms with Gasteiger partial charge in [0, 0.05) is 29.6 Å². The molecule has 1 atom stereocenters. The zero-order chi connectivity index (χ0) is 19.5. The molecule has 1 heterocycles. The van der Waals surface area contributed by atoms with Gasteiger partial charge in [-0.3, -0.25) is 9.59 Å². The monoisotopic (exact) mass is 382 g/mol. The van der Waals surface area contributed by atoms with E-state index >= 15 is 0 Å². The second kappa shape index (κ2) is 8.67. The highest BCUT2D eigenvalue weighted by Crippen LogP contribution is 2.37. The third-order valence-electron chi connectivity index (χ3n) is 7.09. The van der Waals surface area contributed by atoms with Crippen LogP contribution in [0.1, 0.15) is 76.7 Å².